The van der Waals surface area contributed by atoms with E-state index in [-0.39, 0.29) is 19.0 Å². The molecular formula is C2H7ClO. The molecule has 0 aliphatic heterocycles. The van der Waals surface area contributed by atoms with Gasteiger partial charge in [0.05, 0.1) is 0 Å². The van der Waals surface area contributed by atoms with Gasteiger partial charge in [0.1, 0.15) is 0 Å². The molecule has 0 aromatic heterocycles. The van der Waals surface area contributed by atoms with Gasteiger partial charge in [0, 0.05) is 6.61 Å². The summed E-state index contributed by atoms with van der Waals surface area (Å²) in [6, 6.07) is 0. The molecule has 0 atom stereocenters. The molecule has 0 rings (SSSR count). The van der Waals surface area contributed by atoms with Gasteiger partial charge in [0.15, 0.2) is 0 Å². The van der Waals surface area contributed by atoms with Crippen molar-refractivity contribution in [3.63, 3.8) is 0 Å². The van der Waals surface area contributed by atoms with Gasteiger partial charge in [0.25, 0.3) is 0 Å². The number of hydrogen-bond donors (Lipinski definition) is 1. The summed E-state index contributed by atoms with van der Waals surface area (Å²) in [6.07, 6.45) is 0. The highest BCUT2D eigenvalue weighted by Gasteiger charge is 1.34. The van der Waals surface area contributed by atoms with Gasteiger partial charge in [-0.3, -0.25) is 0 Å². The summed E-state index contributed by atoms with van der Waals surface area (Å²) in [5.74, 6) is 0. The first kappa shape index (κ1) is 8.87. The molecule has 28 valence electrons. The van der Waals surface area contributed by atoms with E-state index in [0.29, 0.717) is 0 Å². The highest BCUT2D eigenvalue weighted by molar-refractivity contribution is 5.85. The largest absolute Gasteiger partial charge is 0.397 e. The summed E-state index contributed by atoms with van der Waals surface area (Å²) in [5.41, 5.74) is 0. The van der Waals surface area contributed by atoms with Crippen LogP contribution in [0, 0.1) is 0 Å². The van der Waals surface area contributed by atoms with Gasteiger partial charge in [-0.1, -0.05) is 0 Å². The van der Waals surface area contributed by atoms with E-state index in [1.54, 1.807) is 6.92 Å². The second-order valence-corrected chi connectivity index (χ2v) is 0.316. The molecule has 0 bridgehead atoms. The summed E-state index contributed by atoms with van der Waals surface area (Å²) in [6.45, 7) is 1.93. The van der Waals surface area contributed by atoms with Crippen LogP contribution in [0.25, 0.3) is 0 Å². The molecule has 0 unspecified atom stereocenters. The van der Waals surface area contributed by atoms with Crippen LogP contribution in [0.5, 0.6) is 0 Å². The smallest absolute Gasteiger partial charge is 0.0402 e. The molecule has 0 saturated heterocycles. The van der Waals surface area contributed by atoms with Crippen molar-refractivity contribution < 1.29 is 5.11 Å². The average molecular weight is 82.5 g/mol. The Morgan fingerprint density at radius 1 is 1.75 bits per heavy atom. The fraction of sp³-hybridized carbons (Fsp3) is 1.00. The Morgan fingerprint density at radius 3 is 1.75 bits per heavy atom. The van der Waals surface area contributed by atoms with Gasteiger partial charge in [0.2, 0.25) is 0 Å². The third-order valence-corrected chi connectivity index (χ3v) is 0. The summed E-state index contributed by atoms with van der Waals surface area (Å²) in [5, 5.41) is 7.57. The van der Waals surface area contributed by atoms with Crippen molar-refractivity contribution in [2.24, 2.45) is 0 Å². The maximum absolute atomic E-state index is 7.57. The molecule has 0 saturated carbocycles. The molecule has 0 radical (unpaired) electrons. The number of rotatable bonds is 0. The van der Waals surface area contributed by atoms with Gasteiger partial charge in [-0.05, 0) is 6.92 Å². The summed E-state index contributed by atoms with van der Waals surface area (Å²) in [4.78, 5) is 0. The van der Waals surface area contributed by atoms with Crippen LogP contribution in [-0.2, 0) is 0 Å². The Hall–Kier alpha value is 0.250. The predicted octanol–water partition coefficient (Wildman–Crippen LogP) is 0.420. The van der Waals surface area contributed by atoms with E-state index in [1.807, 2.05) is 0 Å². The second kappa shape index (κ2) is 10.5. The Kier molecular flexibility index (Phi) is 23.3. The van der Waals surface area contributed by atoms with Crippen molar-refractivity contribution in [1.29, 1.82) is 0 Å². The molecule has 0 aliphatic carbocycles. The van der Waals surface area contributed by atoms with E-state index >= 15 is 0 Å². The van der Waals surface area contributed by atoms with Crippen LogP contribution in [0.15, 0.2) is 0 Å². The third kappa shape index (κ3) is 56.3. The van der Waals surface area contributed by atoms with E-state index < -0.39 is 0 Å². The van der Waals surface area contributed by atoms with Crippen molar-refractivity contribution in [2.75, 3.05) is 6.61 Å². The highest BCUT2D eigenvalue weighted by Crippen LogP contribution is 1.30. The second-order valence-electron chi connectivity index (χ2n) is 0.316. The zero-order valence-electron chi connectivity index (χ0n) is 2.56. The fourth-order valence-corrected chi connectivity index (χ4v) is 0. The number of aliphatic hydroxyl groups excluding tert-OH is 1. The van der Waals surface area contributed by atoms with Gasteiger partial charge >= 0.3 is 0 Å². The highest BCUT2D eigenvalue weighted by atomic mass is 35.5. The van der Waals surface area contributed by atoms with Crippen LogP contribution in [0.3, 0.4) is 0 Å². The summed E-state index contributed by atoms with van der Waals surface area (Å²) < 4.78 is 0. The monoisotopic (exact) mass is 82.0 g/mol. The Balaban J connectivity index is 0. The van der Waals surface area contributed by atoms with Gasteiger partial charge in [-0.15, -0.1) is 12.4 Å². The molecule has 0 aromatic carbocycles. The topological polar surface area (TPSA) is 20.2 Å². The third-order valence-electron chi connectivity index (χ3n) is 0. The molecule has 1 nitrogen and oxygen atoms in total. The Morgan fingerprint density at radius 2 is 1.75 bits per heavy atom. The maximum atomic E-state index is 7.57. The zero-order valence-corrected chi connectivity index (χ0v) is 3.38. The van der Waals surface area contributed by atoms with Crippen LogP contribution >= 0.6 is 12.4 Å². The standard InChI is InChI=1S/C2H6O.ClH/c1-2-3;/h3H,2H2,1H3;1H. The van der Waals surface area contributed by atoms with Crippen LogP contribution in [0.2, 0.25) is 0 Å². The van der Waals surface area contributed by atoms with E-state index in [9.17, 15) is 0 Å². The van der Waals surface area contributed by atoms with E-state index in [2.05, 4.69) is 0 Å². The zero-order chi connectivity index (χ0) is 2.71. The van der Waals surface area contributed by atoms with Crippen LogP contribution in [0.1, 0.15) is 6.92 Å². The lowest BCUT2D eigenvalue weighted by Gasteiger charge is -1.52. The molecule has 1 N–H and O–H groups in total. The number of hydrogen-bond acceptors (Lipinski definition) is 1. The number of halogens is 1. The van der Waals surface area contributed by atoms with E-state index in [0.717, 1.165) is 0 Å². The quantitative estimate of drug-likeness (QED) is 0.449. The minimum atomic E-state index is 0. The molecule has 2 heteroatoms. The maximum Gasteiger partial charge on any atom is 0.0402 e. The summed E-state index contributed by atoms with van der Waals surface area (Å²) in [7, 11) is 0. The number of aliphatic hydroxyl groups is 1. The molecule has 4 heavy (non-hydrogen) atoms. The minimum Gasteiger partial charge on any atom is -0.397 e. The SMILES string of the molecule is CCO.Cl. The van der Waals surface area contributed by atoms with Crippen molar-refractivity contribution in [2.45, 2.75) is 6.92 Å². The molecule has 0 amide bonds. The first-order valence-corrected chi connectivity index (χ1v) is 1.02. The predicted molar refractivity (Wildman–Crippen MR) is 20.0 cm³/mol. The molecule has 0 fully saturated rings. The minimum absolute atomic E-state index is 0. The lowest BCUT2D eigenvalue weighted by Crippen LogP contribution is -1.57. The lowest BCUT2D eigenvalue weighted by molar-refractivity contribution is 0.318. The van der Waals surface area contributed by atoms with Crippen molar-refractivity contribution in [1.82, 2.24) is 0 Å². The first-order chi connectivity index (χ1) is 1.41. The van der Waals surface area contributed by atoms with Gasteiger partial charge in [-0.2, -0.15) is 0 Å². The van der Waals surface area contributed by atoms with Crippen LogP contribution in [0.4, 0.5) is 0 Å². The van der Waals surface area contributed by atoms with Crippen molar-refractivity contribution >= 4 is 12.4 Å². The molecular weight excluding hydrogens is 75.5 g/mol. The first-order valence-electron chi connectivity index (χ1n) is 1.02. The molecule has 0 heterocycles. The van der Waals surface area contributed by atoms with Gasteiger partial charge < -0.3 is 5.11 Å². The average Bonchev–Trinajstić information content (AvgIpc) is 0.918. The molecule has 0 aromatic rings. The Labute approximate surface area is 32.1 Å². The Bertz CT molecular complexity index is 6.00. The van der Waals surface area contributed by atoms with Gasteiger partial charge in [-0.25, -0.2) is 0 Å². The molecule has 0 spiro atoms. The molecule has 0 aliphatic rings. The van der Waals surface area contributed by atoms with E-state index in [1.165, 1.54) is 0 Å². The summed E-state index contributed by atoms with van der Waals surface area (Å²) >= 11 is 0. The van der Waals surface area contributed by atoms with Crippen molar-refractivity contribution in [3.8, 4) is 0 Å². The normalized spacial score (nSPS) is 4.50. The van der Waals surface area contributed by atoms with Crippen LogP contribution < -0.4 is 0 Å². The van der Waals surface area contributed by atoms with Crippen molar-refractivity contribution in [3.05, 3.63) is 0 Å². The van der Waals surface area contributed by atoms with Crippen LogP contribution in [-0.4, -0.2) is 11.7 Å². The lowest BCUT2D eigenvalue weighted by atomic mass is 10.9. The fourth-order valence-electron chi connectivity index (χ4n) is 0. The van der Waals surface area contributed by atoms with E-state index in [4.69, 9.17) is 5.11 Å².